The Morgan fingerprint density at radius 3 is 3.10 bits per heavy atom. The van der Waals surface area contributed by atoms with Crippen LogP contribution in [-0.2, 0) is 22.6 Å². The summed E-state index contributed by atoms with van der Waals surface area (Å²) in [4.78, 5) is 31.4. The van der Waals surface area contributed by atoms with Gasteiger partial charge in [0.15, 0.2) is 5.17 Å². The average Bonchev–Trinajstić information content (AvgIpc) is 3.14. The number of aliphatic imine (C=N–C) groups is 1. The molecule has 3 rings (SSSR count). The summed E-state index contributed by atoms with van der Waals surface area (Å²) in [7, 11) is 0. The first-order chi connectivity index (χ1) is 10.2. The second-order valence-electron chi connectivity index (χ2n) is 5.02. The minimum absolute atomic E-state index is 0.0583. The van der Waals surface area contributed by atoms with E-state index in [1.807, 2.05) is 4.90 Å². The number of nitrogens with zero attached hydrogens (tertiary/aromatic N) is 2. The van der Waals surface area contributed by atoms with Crippen LogP contribution < -0.4 is 5.32 Å². The topological polar surface area (TPSA) is 61.8 Å². The number of carbonyl (C=O) groups excluding carboxylic acids is 2. The smallest absolute Gasteiger partial charge is 0.226 e. The Bertz CT molecular complexity index is 583. The summed E-state index contributed by atoms with van der Waals surface area (Å²) in [6.45, 7) is 2.20. The van der Waals surface area contributed by atoms with Gasteiger partial charge in [0.05, 0.1) is 6.54 Å². The zero-order valence-electron chi connectivity index (χ0n) is 11.6. The summed E-state index contributed by atoms with van der Waals surface area (Å²) in [6, 6.07) is 2.08. The quantitative estimate of drug-likeness (QED) is 0.920. The lowest BCUT2D eigenvalue weighted by Crippen LogP contribution is -2.36. The Labute approximate surface area is 131 Å². The second-order valence-corrected chi connectivity index (χ2v) is 7.10. The molecule has 21 heavy (non-hydrogen) atoms. The maximum atomic E-state index is 12.2. The molecule has 0 aromatic carbocycles. The third kappa shape index (κ3) is 3.65. The fourth-order valence-corrected chi connectivity index (χ4v) is 4.07. The van der Waals surface area contributed by atoms with Crippen LogP contribution in [-0.4, -0.2) is 40.7 Å². The van der Waals surface area contributed by atoms with Gasteiger partial charge in [-0.25, -0.2) is 0 Å². The van der Waals surface area contributed by atoms with Crippen LogP contribution >= 0.6 is 23.1 Å². The number of hydrogen-bond acceptors (Lipinski definition) is 5. The highest BCUT2D eigenvalue weighted by molar-refractivity contribution is 8.14. The van der Waals surface area contributed by atoms with E-state index in [2.05, 4.69) is 21.8 Å². The number of rotatable bonds is 3. The number of amidine groups is 1. The lowest BCUT2D eigenvalue weighted by Gasteiger charge is -2.27. The molecule has 7 heteroatoms. The Kier molecular flexibility index (Phi) is 4.60. The van der Waals surface area contributed by atoms with Crippen LogP contribution in [0, 0.1) is 0 Å². The van der Waals surface area contributed by atoms with Crippen molar-refractivity contribution in [1.82, 2.24) is 10.2 Å². The normalized spacial score (nSPS) is 17.3. The highest BCUT2D eigenvalue weighted by Crippen LogP contribution is 2.24. The van der Waals surface area contributed by atoms with Crippen molar-refractivity contribution in [3.8, 4) is 0 Å². The highest BCUT2D eigenvalue weighted by atomic mass is 32.2. The number of fused-ring (bicyclic) bond motifs is 1. The van der Waals surface area contributed by atoms with Crippen molar-refractivity contribution in [2.75, 3.05) is 18.8 Å². The zero-order chi connectivity index (χ0) is 14.7. The molecule has 2 aliphatic rings. The summed E-state index contributed by atoms with van der Waals surface area (Å²) in [6.07, 6.45) is 1.42. The van der Waals surface area contributed by atoms with E-state index >= 15 is 0 Å². The summed E-state index contributed by atoms with van der Waals surface area (Å²) in [5.41, 5.74) is 1.25. The molecule has 0 saturated heterocycles. The van der Waals surface area contributed by atoms with Gasteiger partial charge in [-0.3, -0.25) is 14.6 Å². The molecule has 0 saturated carbocycles. The molecule has 0 radical (unpaired) electrons. The van der Waals surface area contributed by atoms with Crippen molar-refractivity contribution in [1.29, 1.82) is 0 Å². The van der Waals surface area contributed by atoms with Gasteiger partial charge in [0.2, 0.25) is 11.8 Å². The first-order valence-corrected chi connectivity index (χ1v) is 8.89. The van der Waals surface area contributed by atoms with Crippen molar-refractivity contribution in [3.63, 3.8) is 0 Å². The van der Waals surface area contributed by atoms with Crippen LogP contribution in [0.3, 0.4) is 0 Å². The molecule has 0 bridgehead atoms. The first-order valence-electron chi connectivity index (χ1n) is 7.02. The Morgan fingerprint density at radius 1 is 1.38 bits per heavy atom. The number of hydrogen-bond donors (Lipinski definition) is 1. The Morgan fingerprint density at radius 2 is 2.29 bits per heavy atom. The Hall–Kier alpha value is -1.34. The van der Waals surface area contributed by atoms with Crippen molar-refractivity contribution >= 4 is 40.1 Å². The van der Waals surface area contributed by atoms with E-state index in [0.717, 1.165) is 25.3 Å². The maximum Gasteiger partial charge on any atom is 0.226 e. The van der Waals surface area contributed by atoms with E-state index in [-0.39, 0.29) is 24.7 Å². The number of thiophene rings is 1. The zero-order valence-corrected chi connectivity index (χ0v) is 13.3. The minimum atomic E-state index is -0.121. The monoisotopic (exact) mass is 323 g/mol. The van der Waals surface area contributed by atoms with Crippen LogP contribution in [0.2, 0.25) is 0 Å². The number of thioether (sulfide) groups is 1. The van der Waals surface area contributed by atoms with Gasteiger partial charge in [-0.05, 0) is 23.4 Å². The van der Waals surface area contributed by atoms with Gasteiger partial charge in [-0.1, -0.05) is 11.8 Å². The van der Waals surface area contributed by atoms with E-state index in [1.165, 1.54) is 10.4 Å². The van der Waals surface area contributed by atoms with Crippen LogP contribution in [0.1, 0.15) is 23.3 Å². The van der Waals surface area contributed by atoms with Crippen molar-refractivity contribution in [3.05, 3.63) is 21.9 Å². The van der Waals surface area contributed by atoms with Gasteiger partial charge >= 0.3 is 0 Å². The molecule has 5 nitrogen and oxygen atoms in total. The molecule has 0 atom stereocenters. The SMILES string of the molecule is O=C(CCC(=O)N1CCc2sccc2C1)NC1=NCCS1. The number of carbonyl (C=O) groups is 2. The second kappa shape index (κ2) is 6.62. The van der Waals surface area contributed by atoms with Gasteiger partial charge < -0.3 is 10.2 Å². The van der Waals surface area contributed by atoms with Gasteiger partial charge in [-0.15, -0.1) is 11.3 Å². The number of amides is 2. The molecule has 0 unspecified atom stereocenters. The molecule has 1 aromatic heterocycles. The van der Waals surface area contributed by atoms with Gasteiger partial charge in [0, 0.05) is 36.6 Å². The fourth-order valence-electron chi connectivity index (χ4n) is 2.43. The third-order valence-corrected chi connectivity index (χ3v) is 5.47. The van der Waals surface area contributed by atoms with Crippen LogP contribution in [0.4, 0.5) is 0 Å². The van der Waals surface area contributed by atoms with E-state index in [1.54, 1.807) is 23.1 Å². The largest absolute Gasteiger partial charge is 0.338 e. The molecule has 0 fully saturated rings. The minimum Gasteiger partial charge on any atom is -0.338 e. The molecular formula is C14H17N3O2S2. The molecule has 2 aliphatic heterocycles. The van der Waals surface area contributed by atoms with Crippen molar-refractivity contribution in [2.24, 2.45) is 4.99 Å². The van der Waals surface area contributed by atoms with E-state index in [0.29, 0.717) is 11.7 Å². The molecule has 112 valence electrons. The first kappa shape index (κ1) is 14.6. The van der Waals surface area contributed by atoms with Crippen molar-refractivity contribution in [2.45, 2.75) is 25.8 Å². The highest BCUT2D eigenvalue weighted by Gasteiger charge is 2.22. The number of nitrogens with one attached hydrogen (secondary N) is 1. The molecule has 2 amide bonds. The summed E-state index contributed by atoms with van der Waals surface area (Å²) in [5.74, 6) is 0.860. The standard InChI is InChI=1S/C14H17N3O2S2/c18-12(16-14-15-5-8-21-14)1-2-13(19)17-6-3-11-10(9-17)4-7-20-11/h4,7H,1-3,5-6,8-9H2,(H,15,16,18). The van der Waals surface area contributed by atoms with E-state index in [9.17, 15) is 9.59 Å². The summed E-state index contributed by atoms with van der Waals surface area (Å²) >= 11 is 3.31. The lowest BCUT2D eigenvalue weighted by atomic mass is 10.1. The average molecular weight is 323 g/mol. The van der Waals surface area contributed by atoms with Gasteiger partial charge in [-0.2, -0.15) is 0 Å². The lowest BCUT2D eigenvalue weighted by molar-refractivity contribution is -0.134. The Balaban J connectivity index is 1.45. The van der Waals surface area contributed by atoms with E-state index in [4.69, 9.17) is 0 Å². The molecule has 3 heterocycles. The predicted molar refractivity (Wildman–Crippen MR) is 85.6 cm³/mol. The molecular weight excluding hydrogens is 306 g/mol. The molecule has 1 N–H and O–H groups in total. The third-order valence-electron chi connectivity index (χ3n) is 3.56. The van der Waals surface area contributed by atoms with Crippen LogP contribution in [0.15, 0.2) is 16.4 Å². The van der Waals surface area contributed by atoms with E-state index < -0.39 is 0 Å². The van der Waals surface area contributed by atoms with Gasteiger partial charge in [0.25, 0.3) is 0 Å². The summed E-state index contributed by atoms with van der Waals surface area (Å²) in [5, 5.41) is 5.52. The molecule has 1 aromatic rings. The fraction of sp³-hybridized carbons (Fsp3) is 0.500. The molecule has 0 spiro atoms. The van der Waals surface area contributed by atoms with Gasteiger partial charge in [0.1, 0.15) is 0 Å². The summed E-state index contributed by atoms with van der Waals surface area (Å²) < 4.78 is 0. The predicted octanol–water partition coefficient (Wildman–Crippen LogP) is 1.63. The van der Waals surface area contributed by atoms with Crippen molar-refractivity contribution < 1.29 is 9.59 Å². The maximum absolute atomic E-state index is 12.2. The van der Waals surface area contributed by atoms with Crippen LogP contribution in [0.25, 0.3) is 0 Å². The molecule has 0 aliphatic carbocycles. The van der Waals surface area contributed by atoms with Crippen LogP contribution in [0.5, 0.6) is 0 Å².